The summed E-state index contributed by atoms with van der Waals surface area (Å²) in [6, 6.07) is 9.66. The summed E-state index contributed by atoms with van der Waals surface area (Å²) in [6.07, 6.45) is 4.58. The Morgan fingerprint density at radius 2 is 1.89 bits per heavy atom. The SMILES string of the molecule is CC.CC1CN(C(=O)OCCOCCc2nc(N3CCCC3)c3oc4ccccc4c3n2)CCC1(C)c1cc(Cl)c[nH]c1=O.O=CO. The second-order valence-electron chi connectivity index (χ2n) is 11.6. The van der Waals surface area contributed by atoms with Crippen LogP contribution in [0.15, 0.2) is 45.7 Å². The van der Waals surface area contributed by atoms with Crippen molar-refractivity contribution in [2.24, 2.45) is 5.92 Å². The van der Waals surface area contributed by atoms with Crippen LogP contribution in [0.4, 0.5) is 10.6 Å². The number of benzene rings is 1. The van der Waals surface area contributed by atoms with Crippen LogP contribution in [0.1, 0.15) is 58.3 Å². The largest absolute Gasteiger partial charge is 0.483 e. The first kappa shape index (κ1) is 35.7. The highest BCUT2D eigenvalue weighted by Gasteiger charge is 2.41. The fourth-order valence-corrected chi connectivity index (χ4v) is 6.27. The predicted octanol–water partition coefficient (Wildman–Crippen LogP) is 6.04. The van der Waals surface area contributed by atoms with Gasteiger partial charge in [0.05, 0.1) is 18.2 Å². The first-order chi connectivity index (χ1) is 22.7. The Kier molecular flexibility index (Phi) is 12.6. The lowest BCUT2D eigenvalue weighted by Gasteiger charge is -2.44. The number of carbonyl (C=O) groups is 2. The van der Waals surface area contributed by atoms with Gasteiger partial charge >= 0.3 is 6.09 Å². The number of anilines is 1. The Morgan fingerprint density at radius 3 is 2.62 bits per heavy atom. The molecule has 0 aliphatic carbocycles. The minimum Gasteiger partial charge on any atom is -0.483 e. The second kappa shape index (κ2) is 16.6. The van der Waals surface area contributed by atoms with E-state index in [0.717, 1.165) is 53.8 Å². The van der Waals surface area contributed by atoms with E-state index in [4.69, 9.17) is 45.4 Å². The number of para-hydroxylation sites is 1. The molecule has 6 rings (SSSR count). The van der Waals surface area contributed by atoms with Gasteiger partial charge in [0, 0.05) is 55.2 Å². The monoisotopic (exact) mass is 669 g/mol. The quantitative estimate of drug-likeness (QED) is 0.168. The topological polar surface area (TPSA) is 151 Å². The van der Waals surface area contributed by atoms with Crippen LogP contribution in [0.2, 0.25) is 5.02 Å². The van der Waals surface area contributed by atoms with E-state index in [-0.39, 0.29) is 42.7 Å². The number of H-pyrrole nitrogens is 1. The van der Waals surface area contributed by atoms with Crippen molar-refractivity contribution in [3.63, 3.8) is 0 Å². The lowest BCUT2D eigenvalue weighted by atomic mass is 9.68. The summed E-state index contributed by atoms with van der Waals surface area (Å²) in [7, 11) is 0. The number of amides is 1. The summed E-state index contributed by atoms with van der Waals surface area (Å²) in [6.45, 7) is 11.6. The predicted molar refractivity (Wildman–Crippen MR) is 181 cm³/mol. The highest BCUT2D eigenvalue weighted by Crippen LogP contribution is 2.38. The number of ether oxygens (including phenoxy) is 2. The van der Waals surface area contributed by atoms with E-state index in [9.17, 15) is 9.59 Å². The molecule has 2 saturated heterocycles. The molecule has 47 heavy (non-hydrogen) atoms. The van der Waals surface area contributed by atoms with Crippen molar-refractivity contribution < 1.29 is 28.6 Å². The maximum atomic E-state index is 12.8. The zero-order chi connectivity index (χ0) is 34.0. The minimum atomic E-state index is -0.388. The molecule has 2 aliphatic heterocycles. The number of nitrogens with one attached hydrogen (secondary N) is 1. The van der Waals surface area contributed by atoms with Crippen molar-refractivity contribution in [3.8, 4) is 0 Å². The molecular formula is C34H44ClN5O7. The average molecular weight is 670 g/mol. The smallest absolute Gasteiger partial charge is 0.409 e. The molecule has 13 heteroatoms. The Morgan fingerprint density at radius 1 is 1.17 bits per heavy atom. The Bertz CT molecular complexity index is 1700. The van der Waals surface area contributed by atoms with E-state index in [1.54, 1.807) is 11.0 Å². The molecule has 3 aromatic heterocycles. The van der Waals surface area contributed by atoms with Gasteiger partial charge in [-0.2, -0.15) is 0 Å². The number of hydrogen-bond donors (Lipinski definition) is 2. The van der Waals surface area contributed by atoms with Gasteiger partial charge in [-0.1, -0.05) is 51.4 Å². The Hall–Kier alpha value is -4.16. The van der Waals surface area contributed by atoms with Gasteiger partial charge in [-0.05, 0) is 43.4 Å². The molecule has 1 aromatic carbocycles. The van der Waals surface area contributed by atoms with Gasteiger partial charge in [0.25, 0.3) is 12.0 Å². The summed E-state index contributed by atoms with van der Waals surface area (Å²) < 4.78 is 17.5. The fraction of sp³-hybridized carbons (Fsp3) is 0.500. The molecule has 2 unspecified atom stereocenters. The fourth-order valence-electron chi connectivity index (χ4n) is 6.11. The number of fused-ring (bicyclic) bond motifs is 3. The van der Waals surface area contributed by atoms with Gasteiger partial charge in [-0.15, -0.1) is 0 Å². The van der Waals surface area contributed by atoms with Crippen molar-refractivity contribution in [1.82, 2.24) is 19.9 Å². The number of furan rings is 1. The lowest BCUT2D eigenvalue weighted by molar-refractivity contribution is -0.122. The number of carbonyl (C=O) groups excluding carboxylic acids is 1. The number of pyridine rings is 1. The molecule has 5 heterocycles. The van der Waals surface area contributed by atoms with Gasteiger partial charge in [0.2, 0.25) is 0 Å². The summed E-state index contributed by atoms with van der Waals surface area (Å²) >= 11 is 6.15. The van der Waals surface area contributed by atoms with Crippen molar-refractivity contribution in [3.05, 3.63) is 63.3 Å². The number of rotatable bonds is 8. The third-order valence-corrected chi connectivity index (χ3v) is 9.02. The lowest BCUT2D eigenvalue weighted by Crippen LogP contribution is -2.51. The molecular weight excluding hydrogens is 626 g/mol. The first-order valence-corrected chi connectivity index (χ1v) is 16.5. The van der Waals surface area contributed by atoms with E-state index in [1.807, 2.05) is 45.0 Å². The molecule has 1 amide bonds. The van der Waals surface area contributed by atoms with Crippen molar-refractivity contribution in [2.75, 3.05) is 50.9 Å². The molecule has 0 radical (unpaired) electrons. The standard InChI is InChI=1S/C31H36ClN5O5.C2H6.CH2O2/c1-20-19-37(13-10-31(20,2)23-17-21(32)18-33-29(23)38)30(39)41-16-15-40-14-9-25-34-26-22-7-3-4-8-24(22)42-27(26)28(35-25)36-11-5-6-12-36;1-2;2-1-3/h3-4,7-8,17-18,20H,5-6,9-16,19H2,1-2H3,(H,33,38);1-2H3;1H,(H,2,3). The molecule has 0 spiro atoms. The third-order valence-electron chi connectivity index (χ3n) is 8.80. The molecule has 2 aliphatic rings. The number of likely N-dealkylation sites (tertiary alicyclic amines) is 1. The number of halogens is 1. The molecule has 0 saturated carbocycles. The van der Waals surface area contributed by atoms with Crippen LogP contribution < -0.4 is 10.5 Å². The minimum absolute atomic E-state index is 0.0461. The van der Waals surface area contributed by atoms with Gasteiger partial charge < -0.3 is 33.8 Å². The Labute approximate surface area is 279 Å². The first-order valence-electron chi connectivity index (χ1n) is 16.1. The van der Waals surface area contributed by atoms with Crippen molar-refractivity contribution in [1.29, 1.82) is 0 Å². The summed E-state index contributed by atoms with van der Waals surface area (Å²) in [5.41, 5.74) is 2.50. The normalized spacial score (nSPS) is 19.1. The summed E-state index contributed by atoms with van der Waals surface area (Å²) in [4.78, 5) is 50.0. The molecule has 2 N–H and O–H groups in total. The van der Waals surface area contributed by atoms with Gasteiger partial charge in [0.15, 0.2) is 11.4 Å². The van der Waals surface area contributed by atoms with E-state index in [1.165, 1.54) is 6.20 Å². The van der Waals surface area contributed by atoms with Gasteiger partial charge in [0.1, 0.15) is 23.5 Å². The van der Waals surface area contributed by atoms with Crippen LogP contribution in [0, 0.1) is 5.92 Å². The molecule has 2 atom stereocenters. The van der Waals surface area contributed by atoms with E-state index in [2.05, 4.69) is 16.8 Å². The average Bonchev–Trinajstić information content (AvgIpc) is 3.75. The van der Waals surface area contributed by atoms with E-state index in [0.29, 0.717) is 48.9 Å². The number of nitrogens with zero attached hydrogens (tertiary/aromatic N) is 4. The van der Waals surface area contributed by atoms with Crippen LogP contribution >= 0.6 is 11.6 Å². The zero-order valence-electron chi connectivity index (χ0n) is 27.5. The molecule has 254 valence electrons. The number of hydrogen-bond acceptors (Lipinski definition) is 9. The summed E-state index contributed by atoms with van der Waals surface area (Å²) in [5.74, 6) is 1.60. The van der Waals surface area contributed by atoms with Crippen molar-refractivity contribution in [2.45, 2.75) is 58.8 Å². The maximum absolute atomic E-state index is 12.8. The van der Waals surface area contributed by atoms with Gasteiger partial charge in [-0.3, -0.25) is 9.59 Å². The third kappa shape index (κ3) is 8.23. The zero-order valence-corrected chi connectivity index (χ0v) is 28.2. The number of carboxylic acid groups (broad SMARTS) is 1. The van der Waals surface area contributed by atoms with E-state index < -0.39 is 0 Å². The second-order valence-corrected chi connectivity index (χ2v) is 12.0. The highest BCUT2D eigenvalue weighted by molar-refractivity contribution is 6.30. The number of piperidine rings is 1. The molecule has 4 aromatic rings. The van der Waals surface area contributed by atoms with Crippen LogP contribution in [-0.2, 0) is 26.1 Å². The molecule has 12 nitrogen and oxygen atoms in total. The molecule has 2 fully saturated rings. The molecule has 0 bridgehead atoms. The number of aromatic nitrogens is 3. The summed E-state index contributed by atoms with van der Waals surface area (Å²) in [5, 5.41) is 8.37. The van der Waals surface area contributed by atoms with Crippen LogP contribution in [-0.4, -0.2) is 83.5 Å². The van der Waals surface area contributed by atoms with E-state index >= 15 is 0 Å². The maximum Gasteiger partial charge on any atom is 0.409 e. The van der Waals surface area contributed by atoms with Gasteiger partial charge in [-0.25, -0.2) is 14.8 Å². The number of aromatic amines is 1. The van der Waals surface area contributed by atoms with Crippen LogP contribution in [0.5, 0.6) is 0 Å². The highest BCUT2D eigenvalue weighted by atomic mass is 35.5. The van der Waals surface area contributed by atoms with Crippen LogP contribution in [0.25, 0.3) is 22.1 Å². The van der Waals surface area contributed by atoms with Crippen LogP contribution in [0.3, 0.4) is 0 Å². The Balaban J connectivity index is 0.000000947. The van der Waals surface area contributed by atoms with Crippen molar-refractivity contribution >= 4 is 52.1 Å².